The predicted molar refractivity (Wildman–Crippen MR) is 67.1 cm³/mol. The van der Waals surface area contributed by atoms with Crippen molar-refractivity contribution in [1.29, 1.82) is 0 Å². The maximum atomic E-state index is 6.06. The zero-order valence-electron chi connectivity index (χ0n) is 10.2. The normalized spacial score (nSPS) is 24.8. The molecule has 0 aliphatic carbocycles. The second-order valence-electron chi connectivity index (χ2n) is 4.75. The molecule has 0 saturated carbocycles. The van der Waals surface area contributed by atoms with Gasteiger partial charge < -0.3 is 10.6 Å². The third-order valence-electron chi connectivity index (χ3n) is 3.58. The van der Waals surface area contributed by atoms with E-state index in [4.69, 9.17) is 5.73 Å². The first-order chi connectivity index (χ1) is 8.16. The smallest absolute Gasteiger partial charge is 0.154 e. The SMILES string of the molecule is Cc1cc2c(N3CCC(N)C3C)nccn2n1. The van der Waals surface area contributed by atoms with Gasteiger partial charge in [-0.2, -0.15) is 5.10 Å². The Hall–Kier alpha value is -1.62. The lowest BCUT2D eigenvalue weighted by molar-refractivity contribution is 0.621. The van der Waals surface area contributed by atoms with E-state index < -0.39 is 0 Å². The average Bonchev–Trinajstić information content (AvgIpc) is 2.82. The molecule has 1 aliphatic rings. The second-order valence-corrected chi connectivity index (χ2v) is 4.75. The van der Waals surface area contributed by atoms with Crippen LogP contribution in [0.15, 0.2) is 18.5 Å². The third kappa shape index (κ3) is 1.58. The Labute approximate surface area is 100 Å². The van der Waals surface area contributed by atoms with Gasteiger partial charge in [0.05, 0.1) is 5.69 Å². The van der Waals surface area contributed by atoms with Gasteiger partial charge in [0.15, 0.2) is 5.82 Å². The van der Waals surface area contributed by atoms with Gasteiger partial charge >= 0.3 is 0 Å². The topological polar surface area (TPSA) is 59.5 Å². The Balaban J connectivity index is 2.11. The molecule has 3 heterocycles. The van der Waals surface area contributed by atoms with Crippen LogP contribution in [0.25, 0.3) is 5.52 Å². The van der Waals surface area contributed by atoms with Crippen molar-refractivity contribution in [3.05, 3.63) is 24.2 Å². The van der Waals surface area contributed by atoms with Crippen LogP contribution in [0.3, 0.4) is 0 Å². The van der Waals surface area contributed by atoms with Gasteiger partial charge in [-0.05, 0) is 26.3 Å². The zero-order valence-corrected chi connectivity index (χ0v) is 10.2. The molecule has 5 heteroatoms. The Morgan fingerprint density at radius 2 is 2.29 bits per heavy atom. The molecule has 2 aromatic rings. The summed E-state index contributed by atoms with van der Waals surface area (Å²) in [4.78, 5) is 6.78. The van der Waals surface area contributed by atoms with Crippen LogP contribution in [0.5, 0.6) is 0 Å². The molecule has 0 spiro atoms. The maximum absolute atomic E-state index is 6.06. The van der Waals surface area contributed by atoms with Crippen molar-refractivity contribution in [2.24, 2.45) is 5.73 Å². The van der Waals surface area contributed by atoms with Crippen molar-refractivity contribution < 1.29 is 0 Å². The van der Waals surface area contributed by atoms with Gasteiger partial charge in [0.1, 0.15) is 5.52 Å². The summed E-state index contributed by atoms with van der Waals surface area (Å²) in [6.45, 7) is 5.13. The highest BCUT2D eigenvalue weighted by molar-refractivity contribution is 5.69. The highest BCUT2D eigenvalue weighted by Gasteiger charge is 2.30. The van der Waals surface area contributed by atoms with Crippen molar-refractivity contribution in [3.8, 4) is 0 Å². The summed E-state index contributed by atoms with van der Waals surface area (Å²) >= 11 is 0. The fourth-order valence-electron chi connectivity index (χ4n) is 2.51. The molecule has 0 amide bonds. The number of hydrogen-bond donors (Lipinski definition) is 1. The van der Waals surface area contributed by atoms with Crippen molar-refractivity contribution in [2.45, 2.75) is 32.4 Å². The van der Waals surface area contributed by atoms with Gasteiger partial charge in [0, 0.05) is 31.0 Å². The van der Waals surface area contributed by atoms with E-state index in [1.54, 1.807) is 6.20 Å². The highest BCUT2D eigenvalue weighted by Crippen LogP contribution is 2.26. The fourth-order valence-corrected chi connectivity index (χ4v) is 2.51. The van der Waals surface area contributed by atoms with Crippen LogP contribution in [0.4, 0.5) is 5.82 Å². The first kappa shape index (κ1) is 10.5. The summed E-state index contributed by atoms with van der Waals surface area (Å²) in [6.07, 6.45) is 4.70. The van der Waals surface area contributed by atoms with Crippen LogP contribution < -0.4 is 10.6 Å². The summed E-state index contributed by atoms with van der Waals surface area (Å²) in [6, 6.07) is 2.64. The Kier molecular flexibility index (Phi) is 2.29. The van der Waals surface area contributed by atoms with Crippen LogP contribution in [0.1, 0.15) is 19.0 Å². The molecule has 17 heavy (non-hydrogen) atoms. The lowest BCUT2D eigenvalue weighted by Gasteiger charge is -2.24. The van der Waals surface area contributed by atoms with Gasteiger partial charge in [-0.15, -0.1) is 0 Å². The molecule has 2 atom stereocenters. The number of nitrogens with two attached hydrogens (primary N) is 1. The van der Waals surface area contributed by atoms with E-state index in [2.05, 4.69) is 28.0 Å². The monoisotopic (exact) mass is 231 g/mol. The average molecular weight is 231 g/mol. The minimum Gasteiger partial charge on any atom is -0.351 e. The fraction of sp³-hybridized carbons (Fsp3) is 0.500. The molecule has 2 unspecified atom stereocenters. The van der Waals surface area contributed by atoms with Crippen LogP contribution in [0.2, 0.25) is 0 Å². The Bertz CT molecular complexity index is 547. The summed E-state index contributed by atoms with van der Waals surface area (Å²) in [5, 5.41) is 4.41. The number of rotatable bonds is 1. The quantitative estimate of drug-likeness (QED) is 0.794. The van der Waals surface area contributed by atoms with Crippen molar-refractivity contribution in [1.82, 2.24) is 14.6 Å². The first-order valence-corrected chi connectivity index (χ1v) is 6.00. The molecule has 90 valence electrons. The van der Waals surface area contributed by atoms with Crippen LogP contribution in [0, 0.1) is 6.92 Å². The maximum Gasteiger partial charge on any atom is 0.154 e. The van der Waals surface area contributed by atoms with E-state index in [1.165, 1.54) is 0 Å². The number of aromatic nitrogens is 3. The van der Waals surface area contributed by atoms with Crippen LogP contribution >= 0.6 is 0 Å². The lowest BCUT2D eigenvalue weighted by atomic mass is 10.2. The van der Waals surface area contributed by atoms with Crippen molar-refractivity contribution >= 4 is 11.3 Å². The summed E-state index contributed by atoms with van der Waals surface area (Å²) in [7, 11) is 0. The van der Waals surface area contributed by atoms with Crippen molar-refractivity contribution in [3.63, 3.8) is 0 Å². The van der Waals surface area contributed by atoms with E-state index in [0.717, 1.165) is 30.0 Å². The summed E-state index contributed by atoms with van der Waals surface area (Å²) in [5.74, 6) is 0.994. The molecular weight excluding hydrogens is 214 g/mol. The molecule has 5 nitrogen and oxygen atoms in total. The van der Waals surface area contributed by atoms with Gasteiger partial charge in [-0.25, -0.2) is 9.50 Å². The molecule has 0 radical (unpaired) electrons. The molecule has 2 aromatic heterocycles. The predicted octanol–water partition coefficient (Wildman–Crippen LogP) is 0.964. The molecule has 0 bridgehead atoms. The van der Waals surface area contributed by atoms with E-state index in [0.29, 0.717) is 6.04 Å². The van der Waals surface area contributed by atoms with Crippen LogP contribution in [-0.4, -0.2) is 33.2 Å². The molecule has 1 aliphatic heterocycles. The lowest BCUT2D eigenvalue weighted by Crippen LogP contribution is -2.37. The second kappa shape index (κ2) is 3.70. The zero-order chi connectivity index (χ0) is 12.0. The number of fused-ring (bicyclic) bond motifs is 1. The van der Waals surface area contributed by atoms with E-state index in [-0.39, 0.29) is 6.04 Å². The summed E-state index contributed by atoms with van der Waals surface area (Å²) < 4.78 is 1.88. The molecule has 1 fully saturated rings. The minimum absolute atomic E-state index is 0.237. The Morgan fingerprint density at radius 3 is 3.00 bits per heavy atom. The van der Waals surface area contributed by atoms with Gasteiger partial charge in [-0.3, -0.25) is 0 Å². The minimum atomic E-state index is 0.237. The molecule has 0 aromatic carbocycles. The third-order valence-corrected chi connectivity index (χ3v) is 3.58. The van der Waals surface area contributed by atoms with Crippen molar-refractivity contribution in [2.75, 3.05) is 11.4 Å². The molecule has 1 saturated heterocycles. The van der Waals surface area contributed by atoms with Gasteiger partial charge in [-0.1, -0.05) is 0 Å². The standard InChI is InChI=1S/C12H17N5/c1-8-7-11-12(14-4-6-17(11)15-8)16-5-3-10(13)9(16)2/h4,6-7,9-10H,3,5,13H2,1-2H3. The number of nitrogens with zero attached hydrogens (tertiary/aromatic N) is 4. The number of anilines is 1. The number of aryl methyl sites for hydroxylation is 1. The first-order valence-electron chi connectivity index (χ1n) is 6.00. The van der Waals surface area contributed by atoms with E-state index in [1.807, 2.05) is 17.6 Å². The van der Waals surface area contributed by atoms with E-state index in [9.17, 15) is 0 Å². The highest BCUT2D eigenvalue weighted by atomic mass is 15.3. The summed E-state index contributed by atoms with van der Waals surface area (Å²) in [5.41, 5.74) is 8.13. The molecule has 2 N–H and O–H groups in total. The largest absolute Gasteiger partial charge is 0.351 e. The molecular formula is C12H17N5. The number of hydrogen-bond acceptors (Lipinski definition) is 4. The van der Waals surface area contributed by atoms with Crippen LogP contribution in [-0.2, 0) is 0 Å². The Morgan fingerprint density at radius 1 is 1.47 bits per heavy atom. The van der Waals surface area contributed by atoms with Gasteiger partial charge in [0.2, 0.25) is 0 Å². The van der Waals surface area contributed by atoms with Gasteiger partial charge in [0.25, 0.3) is 0 Å². The molecule has 3 rings (SSSR count). The van der Waals surface area contributed by atoms with E-state index >= 15 is 0 Å².